The number of ether oxygens (including phenoxy) is 2. The van der Waals surface area contributed by atoms with Crippen molar-refractivity contribution < 1.29 is 9.47 Å². The first-order valence-corrected chi connectivity index (χ1v) is 6.84. The van der Waals surface area contributed by atoms with Gasteiger partial charge in [-0.25, -0.2) is 0 Å². The monoisotopic (exact) mass is 264 g/mol. The Morgan fingerprint density at radius 2 is 2.16 bits per heavy atom. The van der Waals surface area contributed by atoms with E-state index in [0.29, 0.717) is 5.92 Å². The zero-order valence-corrected chi connectivity index (χ0v) is 11.8. The molecule has 0 aliphatic carbocycles. The quantitative estimate of drug-likeness (QED) is 0.845. The van der Waals surface area contributed by atoms with Crippen LogP contribution in [0.3, 0.4) is 0 Å². The molecule has 1 aliphatic rings. The highest BCUT2D eigenvalue weighted by Gasteiger charge is 2.23. The standard InChI is InChI=1S/C15H24N2O2/c1-17(10-15(16)13-7-8-19-11-13)9-12-3-5-14(18-2)6-4-12/h3-6,13,15H,7-11,16H2,1-2H3. The largest absolute Gasteiger partial charge is 0.497 e. The van der Waals surface area contributed by atoms with E-state index in [-0.39, 0.29) is 6.04 Å². The minimum atomic E-state index is 0.200. The zero-order chi connectivity index (χ0) is 13.7. The van der Waals surface area contributed by atoms with Gasteiger partial charge in [0.15, 0.2) is 0 Å². The highest BCUT2D eigenvalue weighted by atomic mass is 16.5. The molecule has 1 aromatic rings. The van der Waals surface area contributed by atoms with Crippen LogP contribution in [-0.4, -0.2) is 44.9 Å². The Morgan fingerprint density at radius 3 is 2.74 bits per heavy atom. The third-order valence-electron chi connectivity index (χ3n) is 3.70. The fraction of sp³-hybridized carbons (Fsp3) is 0.600. The molecule has 0 amide bonds. The van der Waals surface area contributed by atoms with Crippen LogP contribution >= 0.6 is 0 Å². The van der Waals surface area contributed by atoms with Crippen molar-refractivity contribution in [2.75, 3.05) is 33.9 Å². The second-order valence-corrected chi connectivity index (χ2v) is 5.33. The topological polar surface area (TPSA) is 47.7 Å². The normalized spacial score (nSPS) is 20.7. The summed E-state index contributed by atoms with van der Waals surface area (Å²) in [5, 5.41) is 0. The van der Waals surface area contributed by atoms with Crippen LogP contribution in [0, 0.1) is 5.92 Å². The van der Waals surface area contributed by atoms with Crippen LogP contribution in [0.2, 0.25) is 0 Å². The van der Waals surface area contributed by atoms with Gasteiger partial charge in [0.2, 0.25) is 0 Å². The molecule has 0 radical (unpaired) electrons. The van der Waals surface area contributed by atoms with Gasteiger partial charge in [0.25, 0.3) is 0 Å². The lowest BCUT2D eigenvalue weighted by Crippen LogP contribution is -2.40. The van der Waals surface area contributed by atoms with Crippen molar-refractivity contribution in [3.8, 4) is 5.75 Å². The van der Waals surface area contributed by atoms with E-state index in [1.54, 1.807) is 7.11 Å². The average Bonchev–Trinajstić information content (AvgIpc) is 2.93. The smallest absolute Gasteiger partial charge is 0.118 e. The molecule has 0 aromatic heterocycles. The van der Waals surface area contributed by atoms with Crippen molar-refractivity contribution >= 4 is 0 Å². The number of rotatable bonds is 6. The Balaban J connectivity index is 1.80. The molecule has 4 heteroatoms. The summed E-state index contributed by atoms with van der Waals surface area (Å²) in [7, 11) is 3.80. The molecule has 2 rings (SSSR count). The predicted octanol–water partition coefficient (Wildman–Crippen LogP) is 1.49. The third kappa shape index (κ3) is 4.20. The van der Waals surface area contributed by atoms with Crippen LogP contribution in [0.25, 0.3) is 0 Å². The summed E-state index contributed by atoms with van der Waals surface area (Å²) < 4.78 is 10.5. The maximum absolute atomic E-state index is 6.24. The van der Waals surface area contributed by atoms with Crippen LogP contribution in [0.5, 0.6) is 5.75 Å². The average molecular weight is 264 g/mol. The maximum Gasteiger partial charge on any atom is 0.118 e. The number of methoxy groups -OCH3 is 1. The molecule has 1 aliphatic heterocycles. The van der Waals surface area contributed by atoms with Gasteiger partial charge in [-0.15, -0.1) is 0 Å². The Kier molecular flexibility index (Phi) is 5.19. The van der Waals surface area contributed by atoms with Gasteiger partial charge < -0.3 is 20.1 Å². The van der Waals surface area contributed by atoms with Crippen LogP contribution in [0.15, 0.2) is 24.3 Å². The molecule has 1 aromatic carbocycles. The second-order valence-electron chi connectivity index (χ2n) is 5.33. The summed E-state index contributed by atoms with van der Waals surface area (Å²) in [5.74, 6) is 1.41. The Morgan fingerprint density at radius 1 is 1.42 bits per heavy atom. The number of nitrogens with two attached hydrogens (primary N) is 1. The molecular formula is C15H24N2O2. The van der Waals surface area contributed by atoms with Crippen molar-refractivity contribution in [3.63, 3.8) is 0 Å². The molecule has 0 bridgehead atoms. The van der Waals surface area contributed by atoms with E-state index >= 15 is 0 Å². The van der Waals surface area contributed by atoms with E-state index in [1.165, 1.54) is 5.56 Å². The Bertz CT molecular complexity index is 374. The van der Waals surface area contributed by atoms with E-state index in [1.807, 2.05) is 12.1 Å². The summed E-state index contributed by atoms with van der Waals surface area (Å²) >= 11 is 0. The summed E-state index contributed by atoms with van der Waals surface area (Å²) in [5.41, 5.74) is 7.51. The number of benzene rings is 1. The van der Waals surface area contributed by atoms with Gasteiger partial charge in [0.1, 0.15) is 5.75 Å². The molecule has 1 fully saturated rings. The van der Waals surface area contributed by atoms with Crippen LogP contribution in [0.4, 0.5) is 0 Å². The lowest BCUT2D eigenvalue weighted by Gasteiger charge is -2.24. The first-order chi connectivity index (χ1) is 9.19. The van der Waals surface area contributed by atoms with E-state index in [2.05, 4.69) is 24.1 Å². The van der Waals surface area contributed by atoms with Crippen molar-refractivity contribution in [2.45, 2.75) is 19.0 Å². The van der Waals surface area contributed by atoms with E-state index < -0.39 is 0 Å². The Hall–Kier alpha value is -1.10. The lowest BCUT2D eigenvalue weighted by molar-refractivity contribution is 0.173. The van der Waals surface area contributed by atoms with Gasteiger partial charge in [-0.3, -0.25) is 0 Å². The molecule has 106 valence electrons. The highest BCUT2D eigenvalue weighted by molar-refractivity contribution is 5.27. The molecule has 2 atom stereocenters. The third-order valence-corrected chi connectivity index (χ3v) is 3.70. The van der Waals surface area contributed by atoms with E-state index in [0.717, 1.165) is 38.5 Å². The summed E-state index contributed by atoms with van der Waals surface area (Å²) in [6, 6.07) is 8.38. The van der Waals surface area contributed by atoms with Gasteiger partial charge in [-0.2, -0.15) is 0 Å². The van der Waals surface area contributed by atoms with Crippen molar-refractivity contribution in [2.24, 2.45) is 11.7 Å². The van der Waals surface area contributed by atoms with Crippen LogP contribution in [-0.2, 0) is 11.3 Å². The summed E-state index contributed by atoms with van der Waals surface area (Å²) in [6.45, 7) is 3.49. The first kappa shape index (κ1) is 14.3. The number of likely N-dealkylation sites (N-methyl/N-ethyl adjacent to an activating group) is 1. The SMILES string of the molecule is COc1ccc(CN(C)CC(N)C2CCOC2)cc1. The molecule has 4 nitrogen and oxygen atoms in total. The van der Waals surface area contributed by atoms with Crippen molar-refractivity contribution in [3.05, 3.63) is 29.8 Å². The number of nitrogens with zero attached hydrogens (tertiary/aromatic N) is 1. The molecule has 1 heterocycles. The van der Waals surface area contributed by atoms with Gasteiger partial charge in [-0.1, -0.05) is 12.1 Å². The van der Waals surface area contributed by atoms with E-state index in [4.69, 9.17) is 15.2 Å². The molecule has 19 heavy (non-hydrogen) atoms. The lowest BCUT2D eigenvalue weighted by atomic mass is 9.99. The number of hydrogen-bond acceptors (Lipinski definition) is 4. The Labute approximate surface area is 115 Å². The maximum atomic E-state index is 6.24. The highest BCUT2D eigenvalue weighted by Crippen LogP contribution is 2.17. The van der Waals surface area contributed by atoms with Crippen LogP contribution in [0.1, 0.15) is 12.0 Å². The molecule has 2 unspecified atom stereocenters. The zero-order valence-electron chi connectivity index (χ0n) is 11.8. The fourth-order valence-electron chi connectivity index (χ4n) is 2.51. The molecular weight excluding hydrogens is 240 g/mol. The molecule has 1 saturated heterocycles. The minimum Gasteiger partial charge on any atom is -0.497 e. The van der Waals surface area contributed by atoms with Gasteiger partial charge in [-0.05, 0) is 31.2 Å². The molecule has 2 N–H and O–H groups in total. The van der Waals surface area contributed by atoms with E-state index in [9.17, 15) is 0 Å². The summed E-state index contributed by atoms with van der Waals surface area (Å²) in [4.78, 5) is 2.27. The molecule has 0 saturated carbocycles. The first-order valence-electron chi connectivity index (χ1n) is 6.84. The summed E-state index contributed by atoms with van der Waals surface area (Å²) in [6.07, 6.45) is 1.09. The van der Waals surface area contributed by atoms with Gasteiger partial charge >= 0.3 is 0 Å². The van der Waals surface area contributed by atoms with Crippen molar-refractivity contribution in [1.29, 1.82) is 0 Å². The van der Waals surface area contributed by atoms with Gasteiger partial charge in [0.05, 0.1) is 13.7 Å². The van der Waals surface area contributed by atoms with Crippen molar-refractivity contribution in [1.82, 2.24) is 4.90 Å². The predicted molar refractivity (Wildman–Crippen MR) is 76.2 cm³/mol. The fourth-order valence-corrected chi connectivity index (χ4v) is 2.51. The number of hydrogen-bond donors (Lipinski definition) is 1. The second kappa shape index (κ2) is 6.89. The van der Waals surface area contributed by atoms with Gasteiger partial charge in [0, 0.05) is 31.7 Å². The molecule has 0 spiro atoms. The minimum absolute atomic E-state index is 0.200. The van der Waals surface area contributed by atoms with Crippen LogP contribution < -0.4 is 10.5 Å².